The van der Waals surface area contributed by atoms with Gasteiger partial charge in [-0.2, -0.15) is 0 Å². The number of anilines is 3. The fourth-order valence-corrected chi connectivity index (χ4v) is 11.6. The zero-order valence-corrected chi connectivity index (χ0v) is 35.4. The third kappa shape index (κ3) is 5.05. The number of benzene rings is 11. The molecule has 0 N–H and O–H groups in total. The lowest BCUT2D eigenvalue weighted by molar-refractivity contribution is 0.673. The third-order valence-electron chi connectivity index (χ3n) is 14.3. The Kier molecular flexibility index (Phi) is 7.64. The maximum Gasteiger partial charge on any atom is 0.143 e. The van der Waals surface area contributed by atoms with E-state index in [1.165, 1.54) is 72.0 Å². The van der Waals surface area contributed by atoms with E-state index in [1.54, 1.807) is 0 Å². The highest BCUT2D eigenvalue weighted by Gasteiger charge is 2.51. The van der Waals surface area contributed by atoms with Crippen LogP contribution in [0.3, 0.4) is 0 Å². The van der Waals surface area contributed by atoms with Crippen molar-refractivity contribution in [3.63, 3.8) is 0 Å². The van der Waals surface area contributed by atoms with Crippen LogP contribution < -0.4 is 4.90 Å². The molecule has 0 saturated carbocycles. The second-order valence-electron chi connectivity index (χ2n) is 17.5. The van der Waals surface area contributed by atoms with Crippen molar-refractivity contribution in [2.45, 2.75) is 5.41 Å². The molecule has 2 aliphatic carbocycles. The second-order valence-corrected chi connectivity index (χ2v) is 17.5. The standard InChI is InChI=1S/C63H39NO/c1-2-16-40(17-3-1)41-32-34-43(35-33-41)64(44-36-37-50-49-23-10-13-30-57(49)63(58(50)38-44)55-28-11-8-21-47(55)48-22-9-12-29-56(48)63)59-39-54-61-52(46-26-14-19-42-18-4-5-20-45(42)46)27-15-31-60(61)65-62(54)53-25-7-6-24-51(53)59/h1-39H. The minimum absolute atomic E-state index is 0.474. The average Bonchev–Trinajstić information content (AvgIpc) is 4.01. The molecule has 0 amide bonds. The van der Waals surface area contributed by atoms with Crippen LogP contribution in [-0.2, 0) is 5.41 Å². The predicted molar refractivity (Wildman–Crippen MR) is 271 cm³/mol. The minimum atomic E-state index is -0.474. The number of furan rings is 1. The van der Waals surface area contributed by atoms with E-state index >= 15 is 0 Å². The van der Waals surface area contributed by atoms with Crippen LogP contribution in [0, 0.1) is 0 Å². The van der Waals surface area contributed by atoms with Crippen LogP contribution in [0.4, 0.5) is 17.1 Å². The van der Waals surface area contributed by atoms with Crippen molar-refractivity contribution >= 4 is 60.5 Å². The lowest BCUT2D eigenvalue weighted by Gasteiger charge is -2.32. The lowest BCUT2D eigenvalue weighted by atomic mass is 9.70. The molecule has 302 valence electrons. The summed E-state index contributed by atoms with van der Waals surface area (Å²) in [6, 6.07) is 87.0. The fraction of sp³-hybridized carbons (Fsp3) is 0.0159. The molecule has 0 aliphatic heterocycles. The lowest BCUT2D eigenvalue weighted by Crippen LogP contribution is -2.26. The summed E-state index contributed by atoms with van der Waals surface area (Å²) in [4.78, 5) is 2.49. The van der Waals surface area contributed by atoms with Crippen molar-refractivity contribution in [3.05, 3.63) is 259 Å². The summed E-state index contributed by atoms with van der Waals surface area (Å²) in [5, 5.41) is 6.85. The van der Waals surface area contributed by atoms with Crippen molar-refractivity contribution in [2.24, 2.45) is 0 Å². The molecule has 11 aromatic carbocycles. The summed E-state index contributed by atoms with van der Waals surface area (Å²) < 4.78 is 6.96. The monoisotopic (exact) mass is 825 g/mol. The average molecular weight is 826 g/mol. The summed E-state index contributed by atoms with van der Waals surface area (Å²) in [5.41, 5.74) is 19.8. The molecule has 0 bridgehead atoms. The van der Waals surface area contributed by atoms with E-state index in [0.717, 1.165) is 55.3 Å². The largest absolute Gasteiger partial charge is 0.455 e. The number of nitrogens with zero attached hydrogens (tertiary/aromatic N) is 1. The van der Waals surface area contributed by atoms with Gasteiger partial charge in [0.15, 0.2) is 0 Å². The molecule has 0 atom stereocenters. The van der Waals surface area contributed by atoms with Crippen molar-refractivity contribution < 1.29 is 4.42 Å². The van der Waals surface area contributed by atoms with Crippen LogP contribution in [-0.4, -0.2) is 0 Å². The van der Waals surface area contributed by atoms with Gasteiger partial charge in [-0.05, 0) is 114 Å². The zero-order chi connectivity index (χ0) is 42.6. The smallest absolute Gasteiger partial charge is 0.143 e. The van der Waals surface area contributed by atoms with E-state index in [9.17, 15) is 0 Å². The predicted octanol–water partition coefficient (Wildman–Crippen LogP) is 17.0. The number of hydrogen-bond acceptors (Lipinski definition) is 2. The molecule has 0 saturated heterocycles. The molecule has 2 heteroatoms. The first-order chi connectivity index (χ1) is 32.3. The fourth-order valence-electron chi connectivity index (χ4n) is 11.6. The zero-order valence-electron chi connectivity index (χ0n) is 35.4. The molecule has 1 heterocycles. The molecular formula is C63H39NO. The van der Waals surface area contributed by atoms with Gasteiger partial charge in [-0.25, -0.2) is 0 Å². The molecule has 0 fully saturated rings. The van der Waals surface area contributed by atoms with Gasteiger partial charge >= 0.3 is 0 Å². The first kappa shape index (κ1) is 36.1. The molecule has 2 aliphatic rings. The maximum absolute atomic E-state index is 6.96. The van der Waals surface area contributed by atoms with E-state index in [4.69, 9.17) is 4.42 Å². The van der Waals surface area contributed by atoms with Gasteiger partial charge < -0.3 is 9.32 Å². The van der Waals surface area contributed by atoms with Crippen LogP contribution in [0.2, 0.25) is 0 Å². The van der Waals surface area contributed by atoms with Gasteiger partial charge in [0.05, 0.1) is 11.1 Å². The summed E-state index contributed by atoms with van der Waals surface area (Å²) >= 11 is 0. The highest BCUT2D eigenvalue weighted by atomic mass is 16.3. The molecular weight excluding hydrogens is 787 g/mol. The van der Waals surface area contributed by atoms with Gasteiger partial charge in [0.2, 0.25) is 0 Å². The van der Waals surface area contributed by atoms with Gasteiger partial charge in [0, 0.05) is 32.9 Å². The highest BCUT2D eigenvalue weighted by Crippen LogP contribution is 2.63. The molecule has 2 nitrogen and oxygen atoms in total. The number of fused-ring (bicyclic) bond motifs is 16. The Bertz CT molecular complexity index is 3830. The quantitative estimate of drug-likeness (QED) is 0.172. The molecule has 12 aromatic rings. The SMILES string of the molecule is c1ccc(-c2ccc(N(c3ccc4c(c3)C3(c5ccccc5-c5ccccc53)c3ccccc3-4)c3cc4c(oc5cccc(-c6cccc7ccccc67)c54)c4ccccc34)cc2)cc1. The van der Waals surface area contributed by atoms with E-state index in [-0.39, 0.29) is 0 Å². The summed E-state index contributed by atoms with van der Waals surface area (Å²) in [7, 11) is 0. The van der Waals surface area contributed by atoms with Crippen LogP contribution in [0.5, 0.6) is 0 Å². The van der Waals surface area contributed by atoms with Gasteiger partial charge in [0.1, 0.15) is 11.2 Å². The molecule has 1 spiro atoms. The van der Waals surface area contributed by atoms with Gasteiger partial charge in [-0.1, -0.05) is 200 Å². The van der Waals surface area contributed by atoms with Gasteiger partial charge in [-0.3, -0.25) is 0 Å². The molecule has 0 radical (unpaired) electrons. The van der Waals surface area contributed by atoms with Crippen molar-refractivity contribution in [1.82, 2.24) is 0 Å². The number of hydrogen-bond donors (Lipinski definition) is 0. The maximum atomic E-state index is 6.96. The van der Waals surface area contributed by atoms with E-state index in [1.807, 2.05) is 0 Å². The summed E-state index contributed by atoms with van der Waals surface area (Å²) in [6.07, 6.45) is 0. The Morgan fingerprint density at radius 2 is 0.846 bits per heavy atom. The van der Waals surface area contributed by atoms with Gasteiger partial charge in [-0.15, -0.1) is 0 Å². The minimum Gasteiger partial charge on any atom is -0.455 e. The van der Waals surface area contributed by atoms with Gasteiger partial charge in [0.25, 0.3) is 0 Å². The molecule has 0 unspecified atom stereocenters. The molecule has 65 heavy (non-hydrogen) atoms. The molecule has 1 aromatic heterocycles. The molecule has 14 rings (SSSR count). The Labute approximate surface area is 376 Å². The normalized spacial score (nSPS) is 13.0. The van der Waals surface area contributed by atoms with Crippen molar-refractivity contribution in [2.75, 3.05) is 4.90 Å². The van der Waals surface area contributed by atoms with Crippen molar-refractivity contribution in [1.29, 1.82) is 0 Å². The van der Waals surface area contributed by atoms with Crippen molar-refractivity contribution in [3.8, 4) is 44.5 Å². The second kappa shape index (κ2) is 13.8. The topological polar surface area (TPSA) is 16.4 Å². The Balaban J connectivity index is 1.07. The van der Waals surface area contributed by atoms with Crippen LogP contribution in [0.15, 0.2) is 241 Å². The van der Waals surface area contributed by atoms with Crippen LogP contribution in [0.1, 0.15) is 22.3 Å². The van der Waals surface area contributed by atoms with E-state index in [0.29, 0.717) is 0 Å². The van der Waals surface area contributed by atoms with E-state index in [2.05, 4.69) is 241 Å². The summed E-state index contributed by atoms with van der Waals surface area (Å²) in [6.45, 7) is 0. The Morgan fingerprint density at radius 3 is 1.57 bits per heavy atom. The van der Waals surface area contributed by atoms with Crippen LogP contribution >= 0.6 is 0 Å². The Morgan fingerprint density at radius 1 is 0.323 bits per heavy atom. The number of rotatable bonds is 5. The third-order valence-corrected chi connectivity index (χ3v) is 14.3. The Hall–Kier alpha value is -8.46. The first-order valence-electron chi connectivity index (χ1n) is 22.5. The first-order valence-corrected chi connectivity index (χ1v) is 22.5. The highest BCUT2D eigenvalue weighted by molar-refractivity contribution is 6.23. The van der Waals surface area contributed by atoms with E-state index < -0.39 is 5.41 Å². The summed E-state index contributed by atoms with van der Waals surface area (Å²) in [5.74, 6) is 0. The van der Waals surface area contributed by atoms with Crippen LogP contribution in [0.25, 0.3) is 88.0 Å².